The molecule has 0 atom stereocenters. The van der Waals surface area contributed by atoms with Crippen LogP contribution in [0.2, 0.25) is 0 Å². The zero-order chi connectivity index (χ0) is 7.56. The summed E-state index contributed by atoms with van der Waals surface area (Å²) in [7, 11) is 0. The summed E-state index contributed by atoms with van der Waals surface area (Å²) < 4.78 is 0. The van der Waals surface area contributed by atoms with Crippen LogP contribution in [0.15, 0.2) is 24.3 Å². The Morgan fingerprint density at radius 1 is 1.30 bits per heavy atom. The Hall–Kier alpha value is -1.31. The molecule has 2 nitrogen and oxygen atoms in total. The third kappa shape index (κ3) is 1.35. The SMILES string of the molecule is CC(=O)c1ccc([O-])cc1. The van der Waals surface area contributed by atoms with E-state index in [1.807, 2.05) is 0 Å². The second kappa shape index (κ2) is 2.52. The van der Waals surface area contributed by atoms with Crippen LogP contribution in [0.1, 0.15) is 17.3 Å². The van der Waals surface area contributed by atoms with Gasteiger partial charge >= 0.3 is 0 Å². The summed E-state index contributed by atoms with van der Waals surface area (Å²) in [4.78, 5) is 10.7. The van der Waals surface area contributed by atoms with Crippen LogP contribution >= 0.6 is 0 Å². The smallest absolute Gasteiger partial charge is 0.159 e. The maximum Gasteiger partial charge on any atom is 0.159 e. The molecule has 52 valence electrons. The third-order valence-electron chi connectivity index (χ3n) is 1.26. The Bertz CT molecular complexity index is 236. The van der Waals surface area contributed by atoms with E-state index in [4.69, 9.17) is 0 Å². The van der Waals surface area contributed by atoms with E-state index in [1.165, 1.54) is 31.2 Å². The Morgan fingerprint density at radius 2 is 1.80 bits per heavy atom. The normalized spacial score (nSPS) is 9.30. The molecule has 0 radical (unpaired) electrons. The summed E-state index contributed by atoms with van der Waals surface area (Å²) in [5.74, 6) is -0.0787. The number of hydrogen-bond donors (Lipinski definition) is 0. The second-order valence-corrected chi connectivity index (χ2v) is 2.08. The lowest BCUT2D eigenvalue weighted by Gasteiger charge is -2.02. The summed E-state index contributed by atoms with van der Waals surface area (Å²) in [6.45, 7) is 1.47. The first-order chi connectivity index (χ1) is 4.70. The first-order valence-corrected chi connectivity index (χ1v) is 2.98. The maximum absolute atomic E-state index is 10.7. The van der Waals surface area contributed by atoms with Gasteiger partial charge in [0.15, 0.2) is 5.78 Å². The zero-order valence-electron chi connectivity index (χ0n) is 5.63. The molecule has 0 aliphatic heterocycles. The van der Waals surface area contributed by atoms with E-state index in [0.717, 1.165) is 0 Å². The van der Waals surface area contributed by atoms with Crippen LogP contribution in [0.5, 0.6) is 5.75 Å². The van der Waals surface area contributed by atoms with Gasteiger partial charge in [-0.05, 0) is 6.92 Å². The molecule has 0 bridgehead atoms. The minimum Gasteiger partial charge on any atom is -0.872 e. The number of benzene rings is 1. The van der Waals surface area contributed by atoms with Gasteiger partial charge in [-0.15, -0.1) is 5.75 Å². The molecule has 0 amide bonds. The first-order valence-electron chi connectivity index (χ1n) is 2.98. The highest BCUT2D eigenvalue weighted by molar-refractivity contribution is 5.94. The van der Waals surface area contributed by atoms with Crippen LogP contribution in [0.3, 0.4) is 0 Å². The van der Waals surface area contributed by atoms with Crippen LogP contribution < -0.4 is 5.11 Å². The van der Waals surface area contributed by atoms with E-state index in [9.17, 15) is 9.90 Å². The van der Waals surface area contributed by atoms with Crippen molar-refractivity contribution in [2.45, 2.75) is 6.92 Å². The largest absolute Gasteiger partial charge is 0.872 e. The van der Waals surface area contributed by atoms with Gasteiger partial charge in [-0.3, -0.25) is 4.79 Å². The predicted molar refractivity (Wildman–Crippen MR) is 35.9 cm³/mol. The van der Waals surface area contributed by atoms with Crippen molar-refractivity contribution in [3.8, 4) is 5.75 Å². The highest BCUT2D eigenvalue weighted by atomic mass is 16.3. The second-order valence-electron chi connectivity index (χ2n) is 2.08. The van der Waals surface area contributed by atoms with E-state index in [2.05, 4.69) is 0 Å². The molecular formula is C8H7O2-. The maximum atomic E-state index is 10.7. The fourth-order valence-corrected chi connectivity index (χ4v) is 0.690. The van der Waals surface area contributed by atoms with Gasteiger partial charge in [0.2, 0.25) is 0 Å². The van der Waals surface area contributed by atoms with Crippen LogP contribution in [0.4, 0.5) is 0 Å². The van der Waals surface area contributed by atoms with Gasteiger partial charge in [-0.2, -0.15) is 0 Å². The zero-order valence-corrected chi connectivity index (χ0v) is 5.63. The molecule has 2 heteroatoms. The highest BCUT2D eigenvalue weighted by Crippen LogP contribution is 2.06. The van der Waals surface area contributed by atoms with Gasteiger partial charge in [-0.25, -0.2) is 0 Å². The molecule has 0 unspecified atom stereocenters. The van der Waals surface area contributed by atoms with Gasteiger partial charge < -0.3 is 5.11 Å². The summed E-state index contributed by atoms with van der Waals surface area (Å²) in [6, 6.07) is 5.84. The Kier molecular flexibility index (Phi) is 1.71. The van der Waals surface area contributed by atoms with Gasteiger partial charge in [0.05, 0.1) is 0 Å². The van der Waals surface area contributed by atoms with Crippen molar-refractivity contribution in [1.29, 1.82) is 0 Å². The summed E-state index contributed by atoms with van der Waals surface area (Å²) in [5.41, 5.74) is 0.583. The third-order valence-corrected chi connectivity index (χ3v) is 1.26. The van der Waals surface area contributed by atoms with Gasteiger partial charge in [0.1, 0.15) is 0 Å². The van der Waals surface area contributed by atoms with Gasteiger partial charge in [0, 0.05) is 5.56 Å². The van der Waals surface area contributed by atoms with Crippen molar-refractivity contribution in [2.24, 2.45) is 0 Å². The van der Waals surface area contributed by atoms with E-state index >= 15 is 0 Å². The predicted octanol–water partition coefficient (Wildman–Crippen LogP) is 0.963. The number of ketones is 1. The van der Waals surface area contributed by atoms with Crippen molar-refractivity contribution in [1.82, 2.24) is 0 Å². The number of carbonyl (C=O) groups excluding carboxylic acids is 1. The molecule has 0 spiro atoms. The molecule has 1 rings (SSSR count). The molecule has 0 aliphatic carbocycles. The lowest BCUT2D eigenvalue weighted by atomic mass is 10.1. The number of carbonyl (C=O) groups is 1. The molecule has 10 heavy (non-hydrogen) atoms. The molecular weight excluding hydrogens is 128 g/mol. The van der Waals surface area contributed by atoms with Crippen LogP contribution in [0.25, 0.3) is 0 Å². The van der Waals surface area contributed by atoms with Crippen LogP contribution in [0, 0.1) is 0 Å². The van der Waals surface area contributed by atoms with Crippen molar-refractivity contribution in [2.75, 3.05) is 0 Å². The minimum atomic E-state index is -0.0648. The number of Topliss-reactive ketones (excluding diaryl/α,β-unsaturated/α-hetero) is 1. The standard InChI is InChI=1S/C8H8O2/c1-6(9)7-2-4-8(10)5-3-7/h2-5,10H,1H3/p-1. The van der Waals surface area contributed by atoms with E-state index in [-0.39, 0.29) is 11.5 Å². The van der Waals surface area contributed by atoms with Crippen molar-refractivity contribution in [3.05, 3.63) is 29.8 Å². The number of hydrogen-bond acceptors (Lipinski definition) is 2. The molecule has 0 heterocycles. The van der Waals surface area contributed by atoms with Crippen molar-refractivity contribution >= 4 is 5.78 Å². The summed E-state index contributed by atoms with van der Waals surface area (Å²) in [6.07, 6.45) is 0. The first kappa shape index (κ1) is 6.81. The van der Waals surface area contributed by atoms with Crippen LogP contribution in [-0.2, 0) is 0 Å². The molecule has 1 aromatic carbocycles. The molecule has 1 aromatic rings. The van der Waals surface area contributed by atoms with Gasteiger partial charge in [0.25, 0.3) is 0 Å². The monoisotopic (exact) mass is 135 g/mol. The van der Waals surface area contributed by atoms with E-state index < -0.39 is 0 Å². The average Bonchev–Trinajstić information content (AvgIpc) is 1.88. The fraction of sp³-hybridized carbons (Fsp3) is 0.125. The molecule has 0 aliphatic rings. The lowest BCUT2D eigenvalue weighted by Crippen LogP contribution is -1.93. The summed E-state index contributed by atoms with van der Waals surface area (Å²) in [5, 5.41) is 10.5. The van der Waals surface area contributed by atoms with Gasteiger partial charge in [-0.1, -0.05) is 24.3 Å². The average molecular weight is 135 g/mol. The van der Waals surface area contributed by atoms with E-state index in [1.54, 1.807) is 0 Å². The Balaban J connectivity index is 3.00. The Morgan fingerprint density at radius 3 is 2.20 bits per heavy atom. The van der Waals surface area contributed by atoms with E-state index in [0.29, 0.717) is 5.56 Å². The van der Waals surface area contributed by atoms with Crippen molar-refractivity contribution in [3.63, 3.8) is 0 Å². The van der Waals surface area contributed by atoms with Crippen LogP contribution in [-0.4, -0.2) is 5.78 Å². The lowest BCUT2D eigenvalue weighted by molar-refractivity contribution is -0.268. The molecule has 0 fully saturated rings. The highest BCUT2D eigenvalue weighted by Gasteiger charge is 1.93. The molecule has 0 N–H and O–H groups in total. The fourth-order valence-electron chi connectivity index (χ4n) is 0.690. The quantitative estimate of drug-likeness (QED) is 0.538. The topological polar surface area (TPSA) is 40.1 Å². The molecule has 0 saturated carbocycles. The Labute approximate surface area is 59.1 Å². The van der Waals surface area contributed by atoms with Crippen molar-refractivity contribution < 1.29 is 9.90 Å². The summed E-state index contributed by atoms with van der Waals surface area (Å²) >= 11 is 0. The molecule has 0 saturated heterocycles. The molecule has 0 aromatic heterocycles. The number of rotatable bonds is 1. The minimum absolute atomic E-state index is 0.0139.